The number of thioether (sulfide) groups is 1. The molecule has 0 aliphatic carbocycles. The molecule has 3 N–H and O–H groups in total. The summed E-state index contributed by atoms with van der Waals surface area (Å²) >= 11 is 1.10. The molecule has 0 aliphatic heterocycles. The van der Waals surface area contributed by atoms with Crippen LogP contribution in [0, 0.1) is 12.7 Å². The van der Waals surface area contributed by atoms with Crippen molar-refractivity contribution < 1.29 is 23.4 Å². The smallest absolute Gasteiger partial charge is 0.234 e. The van der Waals surface area contributed by atoms with Crippen LogP contribution in [0.5, 0.6) is 17.2 Å². The van der Waals surface area contributed by atoms with Crippen LogP contribution in [0.2, 0.25) is 0 Å². The highest BCUT2D eigenvalue weighted by Gasteiger charge is 2.19. The standard InChI is InChI=1S/C20H22FN5O4S/c1-11-5-6-13(9-14(11)21)23-17(27)10-31-20-25-24-19(26(20)22)12-7-15(28-2)18(30-4)16(8-12)29-3/h5-9H,10,22H2,1-4H3,(H,23,27). The topological polar surface area (TPSA) is 114 Å². The number of halogens is 1. The van der Waals surface area contributed by atoms with Crippen LogP contribution in [-0.4, -0.2) is 47.9 Å². The molecule has 1 heterocycles. The Balaban J connectivity index is 1.74. The van der Waals surface area contributed by atoms with E-state index in [4.69, 9.17) is 20.1 Å². The number of nitrogens with zero attached hydrogens (tertiary/aromatic N) is 3. The van der Waals surface area contributed by atoms with Crippen LogP contribution in [0.15, 0.2) is 35.5 Å². The highest BCUT2D eigenvalue weighted by molar-refractivity contribution is 7.99. The zero-order chi connectivity index (χ0) is 22.5. The zero-order valence-electron chi connectivity index (χ0n) is 17.4. The first-order chi connectivity index (χ1) is 14.9. The van der Waals surface area contributed by atoms with E-state index in [2.05, 4.69) is 15.5 Å². The Morgan fingerprint density at radius 1 is 1.13 bits per heavy atom. The van der Waals surface area contributed by atoms with Gasteiger partial charge in [0, 0.05) is 11.3 Å². The number of amides is 1. The lowest BCUT2D eigenvalue weighted by atomic mass is 10.1. The molecule has 11 heteroatoms. The van der Waals surface area contributed by atoms with Crippen molar-refractivity contribution in [1.29, 1.82) is 0 Å². The number of methoxy groups -OCH3 is 3. The predicted octanol–water partition coefficient (Wildman–Crippen LogP) is 2.86. The van der Waals surface area contributed by atoms with Crippen LogP contribution in [0.4, 0.5) is 10.1 Å². The second kappa shape index (κ2) is 9.56. The Morgan fingerprint density at radius 3 is 2.39 bits per heavy atom. The summed E-state index contributed by atoms with van der Waals surface area (Å²) in [7, 11) is 4.53. The summed E-state index contributed by atoms with van der Waals surface area (Å²) in [6, 6.07) is 7.89. The van der Waals surface area contributed by atoms with Gasteiger partial charge in [-0.15, -0.1) is 10.2 Å². The molecular formula is C20H22FN5O4S. The van der Waals surface area contributed by atoms with Crippen molar-refractivity contribution >= 4 is 23.4 Å². The largest absolute Gasteiger partial charge is 0.493 e. The van der Waals surface area contributed by atoms with Gasteiger partial charge in [-0.2, -0.15) is 0 Å². The first-order valence-corrected chi connectivity index (χ1v) is 10.1. The van der Waals surface area contributed by atoms with Gasteiger partial charge in [0.15, 0.2) is 17.3 Å². The van der Waals surface area contributed by atoms with Crippen LogP contribution >= 0.6 is 11.8 Å². The van der Waals surface area contributed by atoms with Crippen LogP contribution in [0.25, 0.3) is 11.4 Å². The highest BCUT2D eigenvalue weighted by Crippen LogP contribution is 2.40. The number of benzene rings is 2. The molecule has 0 bridgehead atoms. The van der Waals surface area contributed by atoms with Crippen molar-refractivity contribution in [3.63, 3.8) is 0 Å². The maximum absolute atomic E-state index is 13.6. The summed E-state index contributed by atoms with van der Waals surface area (Å²) < 4.78 is 30.9. The molecule has 0 aliphatic rings. The van der Waals surface area contributed by atoms with Gasteiger partial charge in [0.25, 0.3) is 0 Å². The van der Waals surface area contributed by atoms with E-state index in [-0.39, 0.29) is 17.5 Å². The number of carbonyl (C=O) groups excluding carboxylic acids is 1. The van der Waals surface area contributed by atoms with Crippen molar-refractivity contribution in [3.8, 4) is 28.6 Å². The fourth-order valence-electron chi connectivity index (χ4n) is 2.78. The fourth-order valence-corrected chi connectivity index (χ4v) is 3.44. The van der Waals surface area contributed by atoms with Gasteiger partial charge in [0.1, 0.15) is 5.82 Å². The molecule has 0 saturated heterocycles. The summed E-state index contributed by atoms with van der Waals surface area (Å²) in [4.78, 5) is 12.2. The van der Waals surface area contributed by atoms with E-state index >= 15 is 0 Å². The van der Waals surface area contributed by atoms with Gasteiger partial charge in [-0.25, -0.2) is 9.07 Å². The minimum absolute atomic E-state index is 0.0140. The summed E-state index contributed by atoms with van der Waals surface area (Å²) in [5.74, 6) is 7.12. The number of nitrogen functional groups attached to an aromatic ring is 1. The van der Waals surface area contributed by atoms with Crippen LogP contribution in [-0.2, 0) is 4.79 Å². The monoisotopic (exact) mass is 447 g/mol. The SMILES string of the molecule is COc1cc(-c2nnc(SCC(=O)Nc3ccc(C)c(F)c3)n2N)cc(OC)c1OC. The number of ether oxygens (including phenoxy) is 3. The lowest BCUT2D eigenvalue weighted by Crippen LogP contribution is -2.16. The first kappa shape index (κ1) is 22.2. The number of hydrogen-bond donors (Lipinski definition) is 2. The molecule has 2 aromatic carbocycles. The van der Waals surface area contributed by atoms with E-state index in [1.807, 2.05) is 0 Å². The van der Waals surface area contributed by atoms with Gasteiger partial charge in [0.05, 0.1) is 27.1 Å². The van der Waals surface area contributed by atoms with E-state index in [1.54, 1.807) is 31.2 Å². The number of aromatic nitrogens is 3. The van der Waals surface area contributed by atoms with E-state index in [0.29, 0.717) is 45.0 Å². The Labute approximate surface area is 182 Å². The molecule has 0 saturated carbocycles. The van der Waals surface area contributed by atoms with Crippen molar-refractivity contribution in [2.75, 3.05) is 38.2 Å². The van der Waals surface area contributed by atoms with Crippen molar-refractivity contribution in [1.82, 2.24) is 14.9 Å². The quantitative estimate of drug-likeness (QED) is 0.400. The molecule has 3 rings (SSSR count). The normalized spacial score (nSPS) is 10.6. The number of rotatable bonds is 8. The Bertz CT molecular complexity index is 1080. The molecule has 31 heavy (non-hydrogen) atoms. The van der Waals surface area contributed by atoms with E-state index in [0.717, 1.165) is 11.8 Å². The van der Waals surface area contributed by atoms with Crippen LogP contribution in [0.1, 0.15) is 5.56 Å². The van der Waals surface area contributed by atoms with Gasteiger partial charge < -0.3 is 25.4 Å². The predicted molar refractivity (Wildman–Crippen MR) is 116 cm³/mol. The third-order valence-corrected chi connectivity index (χ3v) is 5.32. The van der Waals surface area contributed by atoms with Gasteiger partial charge in [0.2, 0.25) is 16.8 Å². The van der Waals surface area contributed by atoms with Gasteiger partial charge in [-0.3, -0.25) is 4.79 Å². The average Bonchev–Trinajstić information content (AvgIpc) is 3.14. The Morgan fingerprint density at radius 2 is 1.81 bits per heavy atom. The minimum atomic E-state index is -0.387. The minimum Gasteiger partial charge on any atom is -0.493 e. The Kier molecular flexibility index (Phi) is 6.85. The van der Waals surface area contributed by atoms with E-state index in [1.165, 1.54) is 32.1 Å². The molecule has 0 radical (unpaired) electrons. The maximum atomic E-state index is 13.6. The average molecular weight is 447 g/mol. The number of anilines is 1. The fraction of sp³-hybridized carbons (Fsp3) is 0.250. The number of nitrogens with two attached hydrogens (primary N) is 1. The molecule has 0 unspecified atom stereocenters. The number of hydrogen-bond acceptors (Lipinski definition) is 8. The molecular weight excluding hydrogens is 425 g/mol. The first-order valence-electron chi connectivity index (χ1n) is 9.07. The summed E-state index contributed by atoms with van der Waals surface area (Å²) in [5.41, 5.74) is 1.47. The molecule has 0 fully saturated rings. The second-order valence-electron chi connectivity index (χ2n) is 6.39. The Hall–Kier alpha value is -3.47. The van der Waals surface area contributed by atoms with Gasteiger partial charge >= 0.3 is 0 Å². The van der Waals surface area contributed by atoms with Crippen molar-refractivity contribution in [2.24, 2.45) is 0 Å². The van der Waals surface area contributed by atoms with Gasteiger partial charge in [-0.1, -0.05) is 17.8 Å². The molecule has 164 valence electrons. The van der Waals surface area contributed by atoms with Crippen molar-refractivity contribution in [3.05, 3.63) is 41.7 Å². The summed E-state index contributed by atoms with van der Waals surface area (Å²) in [6.45, 7) is 1.65. The lowest BCUT2D eigenvalue weighted by molar-refractivity contribution is -0.113. The number of aryl methyl sites for hydroxylation is 1. The molecule has 9 nitrogen and oxygen atoms in total. The molecule has 3 aromatic rings. The van der Waals surface area contributed by atoms with E-state index in [9.17, 15) is 9.18 Å². The maximum Gasteiger partial charge on any atom is 0.234 e. The van der Waals surface area contributed by atoms with Gasteiger partial charge in [-0.05, 0) is 36.8 Å². The molecule has 0 spiro atoms. The molecule has 1 aromatic heterocycles. The zero-order valence-corrected chi connectivity index (χ0v) is 18.2. The highest BCUT2D eigenvalue weighted by atomic mass is 32.2. The number of nitrogens with one attached hydrogen (secondary N) is 1. The van der Waals surface area contributed by atoms with E-state index < -0.39 is 0 Å². The van der Waals surface area contributed by atoms with Crippen LogP contribution < -0.4 is 25.4 Å². The number of carbonyl (C=O) groups is 1. The summed E-state index contributed by atoms with van der Waals surface area (Å²) in [6.07, 6.45) is 0. The lowest BCUT2D eigenvalue weighted by Gasteiger charge is -2.13. The molecule has 0 atom stereocenters. The van der Waals surface area contributed by atoms with Crippen LogP contribution in [0.3, 0.4) is 0 Å². The third kappa shape index (κ3) is 4.82. The second-order valence-corrected chi connectivity index (χ2v) is 7.33. The van der Waals surface area contributed by atoms with Crippen molar-refractivity contribution in [2.45, 2.75) is 12.1 Å². The third-order valence-electron chi connectivity index (χ3n) is 4.38. The summed E-state index contributed by atoms with van der Waals surface area (Å²) in [5, 5.41) is 11.1. The molecule has 1 amide bonds.